The summed E-state index contributed by atoms with van der Waals surface area (Å²) in [7, 11) is 2.12. The van der Waals surface area contributed by atoms with Crippen LogP contribution in [0.15, 0.2) is 30.7 Å². The molecule has 0 spiro atoms. The second-order valence-corrected chi connectivity index (χ2v) is 4.60. The van der Waals surface area contributed by atoms with Crippen LogP contribution in [0.2, 0.25) is 0 Å². The molecule has 0 bridgehead atoms. The first-order valence-electron chi connectivity index (χ1n) is 6.21. The Labute approximate surface area is 106 Å². The van der Waals surface area contributed by atoms with E-state index >= 15 is 0 Å². The smallest absolute Gasteiger partial charge is 0.147 e. The minimum Gasteiger partial charge on any atom is -0.367 e. The van der Waals surface area contributed by atoms with E-state index < -0.39 is 0 Å². The molecule has 1 atom stereocenters. The Morgan fingerprint density at radius 1 is 1.39 bits per heavy atom. The Hall–Kier alpha value is -1.72. The Balaban J connectivity index is 1.91. The second-order valence-electron chi connectivity index (χ2n) is 4.60. The van der Waals surface area contributed by atoms with Gasteiger partial charge in [-0.05, 0) is 19.2 Å². The third-order valence-electron chi connectivity index (χ3n) is 3.38. The molecule has 18 heavy (non-hydrogen) atoms. The number of aromatic nitrogens is 3. The Morgan fingerprint density at radius 2 is 2.33 bits per heavy atom. The maximum Gasteiger partial charge on any atom is 0.147 e. The molecule has 1 aliphatic rings. The molecule has 1 saturated heterocycles. The van der Waals surface area contributed by atoms with Gasteiger partial charge in [-0.3, -0.25) is 4.90 Å². The van der Waals surface area contributed by atoms with Gasteiger partial charge < -0.3 is 10.3 Å². The van der Waals surface area contributed by atoms with Crippen LogP contribution in [-0.2, 0) is 0 Å². The van der Waals surface area contributed by atoms with Crippen molar-refractivity contribution in [1.29, 1.82) is 0 Å². The lowest BCUT2D eigenvalue weighted by atomic mass is 10.1. The van der Waals surface area contributed by atoms with E-state index in [0.717, 1.165) is 36.7 Å². The Kier molecular flexibility index (Phi) is 3.08. The highest BCUT2D eigenvalue weighted by Gasteiger charge is 2.23. The van der Waals surface area contributed by atoms with Gasteiger partial charge in [0, 0.05) is 43.8 Å². The summed E-state index contributed by atoms with van der Waals surface area (Å²) in [4.78, 5) is 14.4. The van der Waals surface area contributed by atoms with E-state index in [9.17, 15) is 0 Å². The first kappa shape index (κ1) is 11.4. The minimum atomic E-state index is 0.262. The number of hydrogen-bond acceptors (Lipinski definition) is 4. The molecule has 1 unspecified atom stereocenters. The van der Waals surface area contributed by atoms with E-state index in [1.54, 1.807) is 0 Å². The van der Waals surface area contributed by atoms with Gasteiger partial charge >= 0.3 is 0 Å². The largest absolute Gasteiger partial charge is 0.367 e. The zero-order valence-corrected chi connectivity index (χ0v) is 10.4. The fraction of sp³-hybridized carbons (Fsp3) is 0.385. The SMILES string of the molecule is CN1CCNCC1c1nccc(-c2cc[nH]c2)n1. The zero-order chi connectivity index (χ0) is 12.4. The molecule has 94 valence electrons. The number of hydrogen-bond donors (Lipinski definition) is 2. The van der Waals surface area contributed by atoms with Gasteiger partial charge in [-0.15, -0.1) is 0 Å². The van der Waals surface area contributed by atoms with E-state index in [-0.39, 0.29) is 6.04 Å². The summed E-state index contributed by atoms with van der Waals surface area (Å²) >= 11 is 0. The van der Waals surface area contributed by atoms with Crippen molar-refractivity contribution in [2.24, 2.45) is 0 Å². The average Bonchev–Trinajstić information content (AvgIpc) is 2.93. The van der Waals surface area contributed by atoms with Gasteiger partial charge in [-0.2, -0.15) is 0 Å². The molecule has 2 aromatic rings. The first-order valence-corrected chi connectivity index (χ1v) is 6.21. The number of nitrogens with one attached hydrogen (secondary N) is 2. The topological polar surface area (TPSA) is 56.8 Å². The Morgan fingerprint density at radius 3 is 3.11 bits per heavy atom. The first-order chi connectivity index (χ1) is 8.84. The van der Waals surface area contributed by atoms with Crippen LogP contribution in [0.1, 0.15) is 11.9 Å². The van der Waals surface area contributed by atoms with Crippen LogP contribution in [0.25, 0.3) is 11.3 Å². The van der Waals surface area contributed by atoms with Crippen LogP contribution in [-0.4, -0.2) is 46.5 Å². The van der Waals surface area contributed by atoms with E-state index in [1.807, 2.05) is 30.7 Å². The van der Waals surface area contributed by atoms with Crippen LogP contribution in [0.5, 0.6) is 0 Å². The number of piperazine rings is 1. The third kappa shape index (κ3) is 2.14. The zero-order valence-electron chi connectivity index (χ0n) is 10.4. The van der Waals surface area contributed by atoms with E-state index in [0.29, 0.717) is 0 Å². The molecule has 3 heterocycles. The van der Waals surface area contributed by atoms with Crippen LogP contribution >= 0.6 is 0 Å². The molecular formula is C13H17N5. The third-order valence-corrected chi connectivity index (χ3v) is 3.38. The lowest BCUT2D eigenvalue weighted by Crippen LogP contribution is -2.44. The molecular weight excluding hydrogens is 226 g/mol. The predicted octanol–water partition coefficient (Wildman–Crippen LogP) is 1.05. The van der Waals surface area contributed by atoms with Crippen molar-refractivity contribution in [2.45, 2.75) is 6.04 Å². The van der Waals surface area contributed by atoms with Crippen molar-refractivity contribution in [1.82, 2.24) is 25.2 Å². The fourth-order valence-corrected chi connectivity index (χ4v) is 2.27. The van der Waals surface area contributed by atoms with Gasteiger partial charge in [0.2, 0.25) is 0 Å². The molecule has 1 fully saturated rings. The minimum absolute atomic E-state index is 0.262. The molecule has 0 aliphatic carbocycles. The number of nitrogens with zero attached hydrogens (tertiary/aromatic N) is 3. The van der Waals surface area contributed by atoms with Gasteiger partial charge in [0.05, 0.1) is 11.7 Å². The van der Waals surface area contributed by atoms with E-state index in [4.69, 9.17) is 0 Å². The van der Waals surface area contributed by atoms with Gasteiger partial charge in [0.15, 0.2) is 0 Å². The van der Waals surface area contributed by atoms with E-state index in [2.05, 4.69) is 32.2 Å². The molecule has 0 radical (unpaired) electrons. The van der Waals surface area contributed by atoms with Gasteiger partial charge in [0.1, 0.15) is 5.82 Å². The molecule has 1 aliphatic heterocycles. The highest BCUT2D eigenvalue weighted by molar-refractivity contribution is 5.57. The van der Waals surface area contributed by atoms with Gasteiger partial charge in [0.25, 0.3) is 0 Å². The Bertz CT molecular complexity index is 508. The maximum atomic E-state index is 4.68. The lowest BCUT2D eigenvalue weighted by Gasteiger charge is -2.31. The normalized spacial score (nSPS) is 21.1. The van der Waals surface area contributed by atoms with Crippen molar-refractivity contribution < 1.29 is 0 Å². The van der Waals surface area contributed by atoms with Crippen molar-refractivity contribution in [2.75, 3.05) is 26.7 Å². The van der Waals surface area contributed by atoms with Crippen LogP contribution in [0, 0.1) is 0 Å². The summed E-state index contributed by atoms with van der Waals surface area (Å²) < 4.78 is 0. The summed E-state index contributed by atoms with van der Waals surface area (Å²) in [5, 5.41) is 3.39. The molecule has 0 aromatic carbocycles. The standard InChI is InChI=1S/C13H17N5/c1-18-7-6-15-9-12(18)13-16-5-3-11(17-13)10-2-4-14-8-10/h2-5,8,12,14-15H,6-7,9H2,1H3. The highest BCUT2D eigenvalue weighted by Crippen LogP contribution is 2.20. The monoisotopic (exact) mass is 243 g/mol. The second kappa shape index (κ2) is 4.88. The van der Waals surface area contributed by atoms with Gasteiger partial charge in [-0.1, -0.05) is 0 Å². The highest BCUT2D eigenvalue weighted by atomic mass is 15.2. The quantitative estimate of drug-likeness (QED) is 0.827. The van der Waals surface area contributed by atoms with Gasteiger partial charge in [-0.25, -0.2) is 9.97 Å². The van der Waals surface area contributed by atoms with E-state index in [1.165, 1.54) is 0 Å². The van der Waals surface area contributed by atoms with Crippen molar-refractivity contribution in [3.05, 3.63) is 36.5 Å². The molecule has 0 saturated carbocycles. The lowest BCUT2D eigenvalue weighted by molar-refractivity contribution is 0.194. The molecule has 2 N–H and O–H groups in total. The molecule has 2 aromatic heterocycles. The number of rotatable bonds is 2. The maximum absolute atomic E-state index is 4.68. The summed E-state index contributed by atoms with van der Waals surface area (Å²) in [6.45, 7) is 2.97. The molecule has 5 heteroatoms. The number of likely N-dealkylation sites (N-methyl/N-ethyl adjacent to an activating group) is 1. The summed E-state index contributed by atoms with van der Waals surface area (Å²) in [6.07, 6.45) is 5.70. The molecule has 3 rings (SSSR count). The number of H-pyrrole nitrogens is 1. The predicted molar refractivity (Wildman–Crippen MR) is 70.1 cm³/mol. The average molecular weight is 243 g/mol. The number of aromatic amines is 1. The molecule has 5 nitrogen and oxygen atoms in total. The van der Waals surface area contributed by atoms with Crippen LogP contribution in [0.3, 0.4) is 0 Å². The fourth-order valence-electron chi connectivity index (χ4n) is 2.27. The summed E-state index contributed by atoms with van der Waals surface area (Å²) in [5.74, 6) is 0.892. The summed E-state index contributed by atoms with van der Waals surface area (Å²) in [5.41, 5.74) is 2.07. The van der Waals surface area contributed by atoms with Crippen LogP contribution in [0.4, 0.5) is 0 Å². The molecule has 0 amide bonds. The van der Waals surface area contributed by atoms with Crippen molar-refractivity contribution in [3.63, 3.8) is 0 Å². The van der Waals surface area contributed by atoms with Crippen molar-refractivity contribution >= 4 is 0 Å². The summed E-state index contributed by atoms with van der Waals surface area (Å²) in [6, 6.07) is 4.23. The van der Waals surface area contributed by atoms with Crippen molar-refractivity contribution in [3.8, 4) is 11.3 Å². The van der Waals surface area contributed by atoms with Crippen LogP contribution < -0.4 is 5.32 Å².